The molecule has 1 amide bonds. The van der Waals surface area contributed by atoms with Crippen molar-refractivity contribution in [1.82, 2.24) is 5.32 Å². The molecule has 0 saturated carbocycles. The van der Waals surface area contributed by atoms with Crippen LogP contribution in [0.3, 0.4) is 0 Å². The van der Waals surface area contributed by atoms with Crippen LogP contribution >= 0.6 is 11.6 Å². The molecule has 4 heteroatoms. The van der Waals surface area contributed by atoms with Crippen LogP contribution in [0.4, 0.5) is 0 Å². The highest BCUT2D eigenvalue weighted by atomic mass is 35.5. The Labute approximate surface area is 120 Å². The summed E-state index contributed by atoms with van der Waals surface area (Å²) in [6, 6.07) is 7.01. The van der Waals surface area contributed by atoms with Gasteiger partial charge in [0, 0.05) is 13.2 Å². The molecule has 3 nitrogen and oxygen atoms in total. The van der Waals surface area contributed by atoms with Crippen LogP contribution in [-0.4, -0.2) is 24.2 Å². The van der Waals surface area contributed by atoms with Crippen molar-refractivity contribution >= 4 is 17.5 Å². The van der Waals surface area contributed by atoms with Gasteiger partial charge in [-0.3, -0.25) is 4.79 Å². The Morgan fingerprint density at radius 3 is 2.47 bits per heavy atom. The Morgan fingerprint density at radius 2 is 1.95 bits per heavy atom. The van der Waals surface area contributed by atoms with Crippen LogP contribution in [0.5, 0.6) is 0 Å². The molecule has 19 heavy (non-hydrogen) atoms. The monoisotopic (exact) mass is 283 g/mol. The summed E-state index contributed by atoms with van der Waals surface area (Å²) >= 11 is 6.00. The van der Waals surface area contributed by atoms with E-state index < -0.39 is 0 Å². The van der Waals surface area contributed by atoms with Crippen LogP contribution in [0.15, 0.2) is 24.3 Å². The highest BCUT2D eigenvalue weighted by Gasteiger charge is 2.26. The predicted molar refractivity (Wildman–Crippen MR) is 78.5 cm³/mol. The van der Waals surface area contributed by atoms with Crippen molar-refractivity contribution < 1.29 is 9.90 Å². The van der Waals surface area contributed by atoms with E-state index in [1.807, 2.05) is 0 Å². The Morgan fingerprint density at radius 1 is 1.32 bits per heavy atom. The minimum absolute atomic E-state index is 0.0360. The number of carbonyl (C=O) groups excluding carboxylic acids is 1. The fourth-order valence-electron chi connectivity index (χ4n) is 2.19. The summed E-state index contributed by atoms with van der Waals surface area (Å²) in [6.45, 7) is 4.87. The van der Waals surface area contributed by atoms with E-state index in [0.29, 0.717) is 23.6 Å². The first kappa shape index (κ1) is 16.0. The summed E-state index contributed by atoms with van der Waals surface area (Å²) in [6.07, 6.45) is 2.54. The number of benzene rings is 1. The number of halogens is 1. The molecule has 0 bridgehead atoms. The van der Waals surface area contributed by atoms with Crippen LogP contribution in [0, 0.1) is 5.41 Å². The molecule has 0 atom stereocenters. The SMILES string of the molecule is CCC(CC)(CCO)CNC(=O)c1ccccc1Cl. The van der Waals surface area contributed by atoms with Crippen molar-refractivity contribution in [2.24, 2.45) is 5.41 Å². The fraction of sp³-hybridized carbons (Fsp3) is 0.533. The zero-order valence-corrected chi connectivity index (χ0v) is 12.3. The van der Waals surface area contributed by atoms with Crippen molar-refractivity contribution in [1.29, 1.82) is 0 Å². The van der Waals surface area contributed by atoms with E-state index in [1.165, 1.54) is 0 Å². The highest BCUT2D eigenvalue weighted by molar-refractivity contribution is 6.33. The number of nitrogens with one attached hydrogen (secondary N) is 1. The summed E-state index contributed by atoms with van der Waals surface area (Å²) in [5, 5.41) is 12.5. The smallest absolute Gasteiger partial charge is 0.252 e. The first-order valence-electron chi connectivity index (χ1n) is 6.72. The summed E-state index contributed by atoms with van der Waals surface area (Å²) < 4.78 is 0. The third-order valence-corrected chi connectivity index (χ3v) is 4.21. The van der Waals surface area contributed by atoms with Crippen molar-refractivity contribution in [2.75, 3.05) is 13.2 Å². The van der Waals surface area contributed by atoms with Crippen LogP contribution in [0.25, 0.3) is 0 Å². The second-order valence-corrected chi connectivity index (χ2v) is 5.25. The molecule has 1 aromatic carbocycles. The average Bonchev–Trinajstić information content (AvgIpc) is 2.44. The van der Waals surface area contributed by atoms with Crippen molar-refractivity contribution in [3.8, 4) is 0 Å². The van der Waals surface area contributed by atoms with E-state index >= 15 is 0 Å². The molecule has 2 N–H and O–H groups in total. The zero-order chi connectivity index (χ0) is 14.3. The maximum absolute atomic E-state index is 12.1. The number of rotatable bonds is 7. The lowest BCUT2D eigenvalue weighted by Gasteiger charge is -2.31. The molecule has 0 fully saturated rings. The molecule has 1 rings (SSSR count). The molecule has 0 aliphatic carbocycles. The van der Waals surface area contributed by atoms with Gasteiger partial charge in [-0.2, -0.15) is 0 Å². The molecule has 106 valence electrons. The standard InChI is InChI=1S/C15H22ClNO2/c1-3-15(4-2,9-10-18)11-17-14(19)12-7-5-6-8-13(12)16/h5-8,18H,3-4,9-11H2,1-2H3,(H,17,19). The second kappa shape index (κ2) is 7.51. The molecule has 0 aliphatic heterocycles. The molecule has 0 aromatic heterocycles. The zero-order valence-electron chi connectivity index (χ0n) is 11.6. The molecular formula is C15H22ClNO2. The highest BCUT2D eigenvalue weighted by Crippen LogP contribution is 2.29. The van der Waals surface area contributed by atoms with Crippen LogP contribution in [-0.2, 0) is 0 Å². The van der Waals surface area contributed by atoms with Gasteiger partial charge in [-0.1, -0.05) is 37.6 Å². The molecule has 0 heterocycles. The number of aliphatic hydroxyl groups excluding tert-OH is 1. The average molecular weight is 284 g/mol. The van der Waals surface area contributed by atoms with E-state index in [1.54, 1.807) is 24.3 Å². The Hall–Kier alpha value is -1.06. The second-order valence-electron chi connectivity index (χ2n) is 4.84. The summed E-state index contributed by atoms with van der Waals surface area (Å²) in [5.74, 6) is -0.158. The lowest BCUT2D eigenvalue weighted by molar-refractivity contribution is 0.0907. The van der Waals surface area contributed by atoms with Gasteiger partial charge in [0.25, 0.3) is 5.91 Å². The molecule has 0 aliphatic rings. The van der Waals surface area contributed by atoms with E-state index in [9.17, 15) is 4.79 Å². The number of aliphatic hydroxyl groups is 1. The van der Waals surface area contributed by atoms with Gasteiger partial charge in [-0.15, -0.1) is 0 Å². The predicted octanol–water partition coefficient (Wildman–Crippen LogP) is 3.26. The summed E-state index contributed by atoms with van der Waals surface area (Å²) in [4.78, 5) is 12.1. The van der Waals surface area contributed by atoms with Crippen LogP contribution in [0.2, 0.25) is 5.02 Å². The number of carbonyl (C=O) groups is 1. The van der Waals surface area contributed by atoms with E-state index in [-0.39, 0.29) is 17.9 Å². The Kier molecular flexibility index (Phi) is 6.32. The number of hydrogen-bond donors (Lipinski definition) is 2. The molecule has 0 radical (unpaired) electrons. The van der Waals surface area contributed by atoms with Gasteiger partial charge >= 0.3 is 0 Å². The molecule has 0 unspecified atom stereocenters. The van der Waals surface area contributed by atoms with Gasteiger partial charge in [0.15, 0.2) is 0 Å². The van der Waals surface area contributed by atoms with Gasteiger partial charge < -0.3 is 10.4 Å². The molecule has 1 aromatic rings. The van der Waals surface area contributed by atoms with Gasteiger partial charge in [0.1, 0.15) is 0 Å². The third kappa shape index (κ3) is 4.22. The first-order valence-corrected chi connectivity index (χ1v) is 7.10. The lowest BCUT2D eigenvalue weighted by atomic mass is 9.79. The Balaban J connectivity index is 2.70. The summed E-state index contributed by atoms with van der Waals surface area (Å²) in [5.41, 5.74) is 0.459. The van der Waals surface area contributed by atoms with Crippen LogP contribution < -0.4 is 5.32 Å². The molecular weight excluding hydrogens is 262 g/mol. The normalized spacial score (nSPS) is 11.4. The van der Waals surface area contributed by atoms with E-state index in [2.05, 4.69) is 19.2 Å². The van der Waals surface area contributed by atoms with Crippen molar-refractivity contribution in [2.45, 2.75) is 33.1 Å². The largest absolute Gasteiger partial charge is 0.396 e. The first-order chi connectivity index (χ1) is 9.08. The topological polar surface area (TPSA) is 49.3 Å². The van der Waals surface area contributed by atoms with Crippen molar-refractivity contribution in [3.05, 3.63) is 34.9 Å². The molecule has 0 saturated heterocycles. The van der Waals surface area contributed by atoms with Gasteiger partial charge in [-0.25, -0.2) is 0 Å². The van der Waals surface area contributed by atoms with Crippen molar-refractivity contribution in [3.63, 3.8) is 0 Å². The fourth-order valence-corrected chi connectivity index (χ4v) is 2.41. The summed E-state index contributed by atoms with van der Waals surface area (Å²) in [7, 11) is 0. The number of amides is 1. The Bertz CT molecular complexity index is 416. The van der Waals surface area contributed by atoms with E-state index in [4.69, 9.17) is 16.7 Å². The molecule has 0 spiro atoms. The van der Waals surface area contributed by atoms with Crippen LogP contribution in [0.1, 0.15) is 43.5 Å². The maximum Gasteiger partial charge on any atom is 0.252 e. The lowest BCUT2D eigenvalue weighted by Crippen LogP contribution is -2.37. The minimum Gasteiger partial charge on any atom is -0.396 e. The number of hydrogen-bond acceptors (Lipinski definition) is 2. The maximum atomic E-state index is 12.1. The van der Waals surface area contributed by atoms with Gasteiger partial charge in [0.2, 0.25) is 0 Å². The van der Waals surface area contributed by atoms with Gasteiger partial charge in [0.05, 0.1) is 10.6 Å². The van der Waals surface area contributed by atoms with Gasteiger partial charge in [-0.05, 0) is 36.8 Å². The minimum atomic E-state index is -0.158. The third-order valence-electron chi connectivity index (χ3n) is 3.88. The van der Waals surface area contributed by atoms with E-state index in [0.717, 1.165) is 12.8 Å². The quantitative estimate of drug-likeness (QED) is 0.807.